The highest BCUT2D eigenvalue weighted by Gasteiger charge is 2.01. The van der Waals surface area contributed by atoms with Gasteiger partial charge in [0.1, 0.15) is 12.9 Å². The molecule has 1 aromatic heterocycles. The van der Waals surface area contributed by atoms with Crippen LogP contribution in [-0.2, 0) is 11.2 Å². The molecule has 1 N–H and O–H groups in total. The van der Waals surface area contributed by atoms with E-state index in [2.05, 4.69) is 16.9 Å². The Morgan fingerprint density at radius 1 is 1.53 bits per heavy atom. The van der Waals surface area contributed by atoms with Crippen molar-refractivity contribution in [2.45, 2.75) is 26.2 Å². The maximum absolute atomic E-state index is 10.2. The van der Waals surface area contributed by atoms with E-state index in [-0.39, 0.29) is 13.0 Å². The second kappa shape index (κ2) is 5.95. The third-order valence-corrected chi connectivity index (χ3v) is 1.77. The van der Waals surface area contributed by atoms with Crippen LogP contribution < -0.4 is 4.74 Å². The van der Waals surface area contributed by atoms with E-state index in [4.69, 9.17) is 9.84 Å². The largest absolute Gasteiger partial charge is 0.481 e. The van der Waals surface area contributed by atoms with Gasteiger partial charge in [0.15, 0.2) is 0 Å². The minimum absolute atomic E-state index is 0.0207. The van der Waals surface area contributed by atoms with Crippen molar-refractivity contribution >= 4 is 5.97 Å². The molecule has 0 unspecified atom stereocenters. The van der Waals surface area contributed by atoms with Gasteiger partial charge in [0.25, 0.3) is 0 Å². The number of carboxylic acid groups (broad SMARTS) is 1. The number of rotatable bonds is 6. The summed E-state index contributed by atoms with van der Waals surface area (Å²) < 4.78 is 5.17. The summed E-state index contributed by atoms with van der Waals surface area (Å²) in [5.74, 6) is -0.437. The molecule has 0 aliphatic carbocycles. The predicted octanol–water partition coefficient (Wildman–Crippen LogP) is 1.28. The third-order valence-electron chi connectivity index (χ3n) is 1.77. The van der Waals surface area contributed by atoms with Gasteiger partial charge in [0, 0.05) is 11.8 Å². The summed E-state index contributed by atoms with van der Waals surface area (Å²) in [5, 5.41) is 8.42. The van der Waals surface area contributed by atoms with Gasteiger partial charge < -0.3 is 9.84 Å². The van der Waals surface area contributed by atoms with Gasteiger partial charge in [-0.05, 0) is 6.42 Å². The molecule has 0 fully saturated rings. The summed E-state index contributed by atoms with van der Waals surface area (Å²) in [6.45, 7) is 2.20. The van der Waals surface area contributed by atoms with Gasteiger partial charge in [-0.1, -0.05) is 13.3 Å². The molecular formula is C10H14N2O3. The van der Waals surface area contributed by atoms with E-state index in [1.165, 1.54) is 6.33 Å². The molecule has 15 heavy (non-hydrogen) atoms. The van der Waals surface area contributed by atoms with Crippen LogP contribution in [0.2, 0.25) is 0 Å². The monoisotopic (exact) mass is 210 g/mol. The van der Waals surface area contributed by atoms with Gasteiger partial charge in [0.2, 0.25) is 5.88 Å². The number of ether oxygens (including phenoxy) is 1. The van der Waals surface area contributed by atoms with E-state index in [1.54, 1.807) is 6.07 Å². The number of aromatic nitrogens is 2. The van der Waals surface area contributed by atoms with E-state index in [0.717, 1.165) is 18.5 Å². The minimum atomic E-state index is -0.877. The van der Waals surface area contributed by atoms with Crippen LogP contribution in [0.15, 0.2) is 12.4 Å². The lowest BCUT2D eigenvalue weighted by Gasteiger charge is -2.04. The first-order valence-corrected chi connectivity index (χ1v) is 4.88. The number of aliphatic carboxylic acids is 1. The molecule has 5 heteroatoms. The molecule has 0 saturated carbocycles. The van der Waals surface area contributed by atoms with E-state index in [0.29, 0.717) is 5.88 Å². The van der Waals surface area contributed by atoms with Crippen LogP contribution in [0.3, 0.4) is 0 Å². The van der Waals surface area contributed by atoms with Gasteiger partial charge in [0.05, 0.1) is 6.42 Å². The Morgan fingerprint density at radius 3 is 3.00 bits per heavy atom. The van der Waals surface area contributed by atoms with Crippen LogP contribution in [0, 0.1) is 0 Å². The number of nitrogens with zero attached hydrogens (tertiary/aromatic N) is 2. The molecule has 0 aromatic carbocycles. The Kier molecular flexibility index (Phi) is 4.53. The topological polar surface area (TPSA) is 72.3 Å². The molecule has 0 saturated heterocycles. The van der Waals surface area contributed by atoms with Crippen LogP contribution in [0.4, 0.5) is 0 Å². The highest BCUT2D eigenvalue weighted by molar-refractivity contribution is 5.66. The fourth-order valence-corrected chi connectivity index (χ4v) is 1.09. The lowest BCUT2D eigenvalue weighted by molar-refractivity contribution is -0.137. The predicted molar refractivity (Wildman–Crippen MR) is 53.8 cm³/mol. The second-order valence-corrected chi connectivity index (χ2v) is 3.09. The number of carboxylic acids is 1. The van der Waals surface area contributed by atoms with Gasteiger partial charge in [-0.25, -0.2) is 9.97 Å². The zero-order valence-electron chi connectivity index (χ0n) is 8.64. The number of hydrogen-bond donors (Lipinski definition) is 1. The van der Waals surface area contributed by atoms with Gasteiger partial charge in [-0.3, -0.25) is 4.79 Å². The Labute approximate surface area is 88.1 Å². The fraction of sp³-hybridized carbons (Fsp3) is 0.500. The van der Waals surface area contributed by atoms with E-state index in [1.807, 2.05) is 0 Å². The first kappa shape index (κ1) is 11.4. The second-order valence-electron chi connectivity index (χ2n) is 3.09. The Morgan fingerprint density at radius 2 is 2.33 bits per heavy atom. The number of hydrogen-bond acceptors (Lipinski definition) is 4. The SMILES string of the molecule is CCCc1cc(OCCC(=O)O)ncn1. The van der Waals surface area contributed by atoms with Gasteiger partial charge in [-0.15, -0.1) is 0 Å². The Hall–Kier alpha value is -1.65. The molecule has 0 atom stereocenters. The first-order chi connectivity index (χ1) is 7.22. The normalized spacial score (nSPS) is 9.93. The lowest BCUT2D eigenvalue weighted by Crippen LogP contribution is -2.06. The Balaban J connectivity index is 2.46. The lowest BCUT2D eigenvalue weighted by atomic mass is 10.2. The maximum Gasteiger partial charge on any atom is 0.306 e. The summed E-state index contributed by atoms with van der Waals surface area (Å²) in [4.78, 5) is 18.2. The quantitative estimate of drug-likeness (QED) is 0.765. The van der Waals surface area contributed by atoms with Crippen molar-refractivity contribution in [2.24, 2.45) is 0 Å². The summed E-state index contributed by atoms with van der Waals surface area (Å²) in [6, 6.07) is 1.74. The first-order valence-electron chi connectivity index (χ1n) is 4.88. The molecule has 1 aromatic rings. The molecule has 1 rings (SSSR count). The summed E-state index contributed by atoms with van der Waals surface area (Å²) >= 11 is 0. The van der Waals surface area contributed by atoms with Crippen LogP contribution in [-0.4, -0.2) is 27.7 Å². The number of carbonyl (C=O) groups is 1. The van der Waals surface area contributed by atoms with Crippen LogP contribution >= 0.6 is 0 Å². The van der Waals surface area contributed by atoms with Crippen molar-refractivity contribution in [3.05, 3.63) is 18.1 Å². The highest BCUT2D eigenvalue weighted by atomic mass is 16.5. The van der Waals surface area contributed by atoms with Crippen LogP contribution in [0.5, 0.6) is 5.88 Å². The van der Waals surface area contributed by atoms with E-state index < -0.39 is 5.97 Å². The molecule has 82 valence electrons. The fourth-order valence-electron chi connectivity index (χ4n) is 1.09. The van der Waals surface area contributed by atoms with E-state index in [9.17, 15) is 4.79 Å². The highest BCUT2D eigenvalue weighted by Crippen LogP contribution is 2.08. The maximum atomic E-state index is 10.2. The smallest absolute Gasteiger partial charge is 0.306 e. The zero-order valence-corrected chi connectivity index (χ0v) is 8.64. The molecule has 1 heterocycles. The minimum Gasteiger partial charge on any atom is -0.481 e. The molecule has 0 aliphatic rings. The van der Waals surface area contributed by atoms with E-state index >= 15 is 0 Å². The average Bonchev–Trinajstić information content (AvgIpc) is 2.18. The molecule has 0 aliphatic heterocycles. The van der Waals surface area contributed by atoms with Crippen molar-refractivity contribution in [3.63, 3.8) is 0 Å². The van der Waals surface area contributed by atoms with Crippen LogP contribution in [0.25, 0.3) is 0 Å². The molecular weight excluding hydrogens is 196 g/mol. The van der Waals surface area contributed by atoms with Crippen molar-refractivity contribution in [1.82, 2.24) is 9.97 Å². The third kappa shape index (κ3) is 4.39. The van der Waals surface area contributed by atoms with Crippen molar-refractivity contribution < 1.29 is 14.6 Å². The summed E-state index contributed by atoms with van der Waals surface area (Å²) in [5.41, 5.74) is 0.915. The standard InChI is InChI=1S/C10H14N2O3/c1-2-3-8-6-9(12-7-11-8)15-5-4-10(13)14/h6-7H,2-5H2,1H3,(H,13,14). The molecule has 5 nitrogen and oxygen atoms in total. The summed E-state index contributed by atoms with van der Waals surface area (Å²) in [7, 11) is 0. The van der Waals surface area contributed by atoms with Crippen molar-refractivity contribution in [3.8, 4) is 5.88 Å². The van der Waals surface area contributed by atoms with Crippen LogP contribution in [0.1, 0.15) is 25.5 Å². The van der Waals surface area contributed by atoms with Gasteiger partial charge >= 0.3 is 5.97 Å². The van der Waals surface area contributed by atoms with Gasteiger partial charge in [-0.2, -0.15) is 0 Å². The van der Waals surface area contributed by atoms with Crippen molar-refractivity contribution in [2.75, 3.05) is 6.61 Å². The molecule has 0 bridgehead atoms. The summed E-state index contributed by atoms with van der Waals surface area (Å²) in [6.07, 6.45) is 3.29. The van der Waals surface area contributed by atoms with Crippen molar-refractivity contribution in [1.29, 1.82) is 0 Å². The molecule has 0 radical (unpaired) electrons. The molecule has 0 spiro atoms. The molecule has 0 amide bonds. The Bertz CT molecular complexity index is 328. The average molecular weight is 210 g/mol. The zero-order chi connectivity index (χ0) is 11.1. The number of aryl methyl sites for hydroxylation is 1.